The van der Waals surface area contributed by atoms with Gasteiger partial charge in [0.1, 0.15) is 5.76 Å². The number of aromatic nitrogens is 2. The van der Waals surface area contributed by atoms with Crippen molar-refractivity contribution < 1.29 is 4.42 Å². The van der Waals surface area contributed by atoms with Crippen LogP contribution in [-0.4, -0.2) is 9.55 Å². The number of aryl methyl sites for hydroxylation is 1. The monoisotopic (exact) mass is 232 g/mol. The van der Waals surface area contributed by atoms with Crippen LogP contribution in [-0.2, 0) is 6.54 Å². The van der Waals surface area contributed by atoms with Crippen molar-refractivity contribution in [1.29, 1.82) is 0 Å². The van der Waals surface area contributed by atoms with Gasteiger partial charge in [0, 0.05) is 12.6 Å². The van der Waals surface area contributed by atoms with Crippen LogP contribution in [0.5, 0.6) is 0 Å². The summed E-state index contributed by atoms with van der Waals surface area (Å²) in [5.74, 6) is 1.21. The minimum Gasteiger partial charge on any atom is -0.460 e. The molecule has 0 aliphatic carbocycles. The van der Waals surface area contributed by atoms with Gasteiger partial charge in [-0.15, -0.1) is 6.58 Å². The first-order valence-electron chi connectivity index (χ1n) is 5.13. The van der Waals surface area contributed by atoms with Gasteiger partial charge in [0.2, 0.25) is 0 Å². The minimum absolute atomic E-state index is 0.310. The van der Waals surface area contributed by atoms with E-state index in [0.29, 0.717) is 18.0 Å². The van der Waals surface area contributed by atoms with Gasteiger partial charge in [-0.25, -0.2) is 4.79 Å². The standard InChI is InChI=1S/C12H12N2O3/c1-3-6-14-9(7-11(15)13-12(14)16)10-5-4-8(2)17-10/h3-5,7H,1,6H2,2H3,(H,13,15,16). The van der Waals surface area contributed by atoms with Crippen LogP contribution in [0, 0.1) is 6.92 Å². The number of aromatic amines is 1. The Morgan fingerprint density at radius 1 is 1.47 bits per heavy atom. The van der Waals surface area contributed by atoms with E-state index in [-0.39, 0.29) is 0 Å². The Morgan fingerprint density at radius 2 is 2.24 bits per heavy atom. The Labute approximate surface area is 97.0 Å². The Morgan fingerprint density at radius 3 is 2.82 bits per heavy atom. The smallest absolute Gasteiger partial charge is 0.329 e. The molecule has 0 saturated heterocycles. The van der Waals surface area contributed by atoms with Gasteiger partial charge in [0.25, 0.3) is 5.56 Å². The van der Waals surface area contributed by atoms with Crippen LogP contribution >= 0.6 is 0 Å². The number of allylic oxidation sites excluding steroid dienone is 1. The van der Waals surface area contributed by atoms with Crippen molar-refractivity contribution in [3.8, 4) is 11.5 Å². The van der Waals surface area contributed by atoms with Gasteiger partial charge >= 0.3 is 5.69 Å². The zero-order valence-electron chi connectivity index (χ0n) is 9.40. The zero-order chi connectivity index (χ0) is 12.4. The topological polar surface area (TPSA) is 68.0 Å². The molecule has 0 aromatic carbocycles. The summed E-state index contributed by atoms with van der Waals surface area (Å²) in [6.45, 7) is 5.69. The molecule has 0 unspecified atom stereocenters. The van der Waals surface area contributed by atoms with E-state index in [1.165, 1.54) is 10.6 Å². The highest BCUT2D eigenvalue weighted by Gasteiger charge is 2.10. The number of rotatable bonds is 3. The van der Waals surface area contributed by atoms with Crippen molar-refractivity contribution in [3.63, 3.8) is 0 Å². The molecule has 2 aromatic heterocycles. The minimum atomic E-state index is -0.471. The highest BCUT2D eigenvalue weighted by molar-refractivity contribution is 5.52. The lowest BCUT2D eigenvalue weighted by molar-refractivity contribution is 0.539. The first-order valence-corrected chi connectivity index (χ1v) is 5.13. The Bertz CT molecular complexity index is 661. The van der Waals surface area contributed by atoms with Crippen molar-refractivity contribution in [3.05, 3.63) is 57.5 Å². The first-order chi connectivity index (χ1) is 8.11. The van der Waals surface area contributed by atoms with E-state index in [1.54, 1.807) is 25.1 Å². The van der Waals surface area contributed by atoms with E-state index >= 15 is 0 Å². The lowest BCUT2D eigenvalue weighted by Gasteiger charge is -2.07. The van der Waals surface area contributed by atoms with Gasteiger partial charge in [0.15, 0.2) is 5.76 Å². The predicted molar refractivity (Wildman–Crippen MR) is 64.0 cm³/mol. The number of furan rings is 1. The van der Waals surface area contributed by atoms with Gasteiger partial charge in [-0.1, -0.05) is 6.08 Å². The van der Waals surface area contributed by atoms with Crippen molar-refractivity contribution in [2.45, 2.75) is 13.5 Å². The molecule has 0 aliphatic rings. The lowest BCUT2D eigenvalue weighted by Crippen LogP contribution is -2.30. The molecule has 5 nitrogen and oxygen atoms in total. The molecule has 2 heterocycles. The second-order valence-electron chi connectivity index (χ2n) is 3.63. The number of nitrogens with zero attached hydrogens (tertiary/aromatic N) is 1. The third-order valence-electron chi connectivity index (χ3n) is 2.34. The van der Waals surface area contributed by atoms with Crippen LogP contribution in [0.4, 0.5) is 0 Å². The van der Waals surface area contributed by atoms with E-state index in [4.69, 9.17) is 4.42 Å². The van der Waals surface area contributed by atoms with Crippen LogP contribution in [0.3, 0.4) is 0 Å². The van der Waals surface area contributed by atoms with Crippen LogP contribution in [0.1, 0.15) is 5.76 Å². The second kappa shape index (κ2) is 4.29. The van der Waals surface area contributed by atoms with Gasteiger partial charge in [0.05, 0.1) is 5.69 Å². The third-order valence-corrected chi connectivity index (χ3v) is 2.34. The largest absolute Gasteiger partial charge is 0.460 e. The van der Waals surface area contributed by atoms with E-state index in [2.05, 4.69) is 11.6 Å². The van der Waals surface area contributed by atoms with Gasteiger partial charge in [-0.2, -0.15) is 0 Å². The Hall–Kier alpha value is -2.30. The summed E-state index contributed by atoms with van der Waals surface area (Å²) in [5.41, 5.74) is -0.465. The van der Waals surface area contributed by atoms with E-state index < -0.39 is 11.2 Å². The van der Waals surface area contributed by atoms with Crippen molar-refractivity contribution >= 4 is 0 Å². The molecular weight excluding hydrogens is 220 g/mol. The SMILES string of the molecule is C=CCn1c(-c2ccc(C)o2)cc(=O)[nH]c1=O. The molecule has 0 amide bonds. The molecule has 0 radical (unpaired) electrons. The number of hydrogen-bond donors (Lipinski definition) is 1. The molecule has 17 heavy (non-hydrogen) atoms. The van der Waals surface area contributed by atoms with Crippen LogP contribution in [0.15, 0.2) is 44.9 Å². The summed E-state index contributed by atoms with van der Waals surface area (Å²) in [5, 5.41) is 0. The maximum absolute atomic E-state index is 11.6. The van der Waals surface area contributed by atoms with Crippen molar-refractivity contribution in [1.82, 2.24) is 9.55 Å². The maximum atomic E-state index is 11.6. The average Bonchev–Trinajstić information content (AvgIpc) is 2.68. The quantitative estimate of drug-likeness (QED) is 0.811. The lowest BCUT2D eigenvalue weighted by atomic mass is 10.3. The molecule has 2 rings (SSSR count). The molecule has 0 fully saturated rings. The fourth-order valence-corrected chi connectivity index (χ4v) is 1.61. The molecule has 0 aliphatic heterocycles. The molecule has 0 saturated carbocycles. The van der Waals surface area contributed by atoms with E-state index in [1.807, 2.05) is 0 Å². The number of hydrogen-bond acceptors (Lipinski definition) is 3. The fourth-order valence-electron chi connectivity index (χ4n) is 1.61. The summed E-state index contributed by atoms with van der Waals surface area (Å²) < 4.78 is 6.82. The zero-order valence-corrected chi connectivity index (χ0v) is 9.40. The number of H-pyrrole nitrogens is 1. The van der Waals surface area contributed by atoms with Gasteiger partial charge in [-0.3, -0.25) is 14.3 Å². The predicted octanol–water partition coefficient (Wildman–Crippen LogP) is 1.29. The molecule has 0 spiro atoms. The van der Waals surface area contributed by atoms with E-state index in [0.717, 1.165) is 5.76 Å². The third kappa shape index (κ3) is 2.13. The summed E-state index contributed by atoms with van der Waals surface area (Å²) in [6, 6.07) is 4.84. The Kier molecular flexibility index (Phi) is 2.82. The summed E-state index contributed by atoms with van der Waals surface area (Å²) in [4.78, 5) is 25.2. The summed E-state index contributed by atoms with van der Waals surface area (Å²) in [6.07, 6.45) is 1.58. The van der Waals surface area contributed by atoms with Crippen molar-refractivity contribution in [2.24, 2.45) is 0 Å². The van der Waals surface area contributed by atoms with Gasteiger partial charge < -0.3 is 4.42 Å². The van der Waals surface area contributed by atoms with Crippen molar-refractivity contribution in [2.75, 3.05) is 0 Å². The van der Waals surface area contributed by atoms with Gasteiger partial charge in [-0.05, 0) is 19.1 Å². The summed E-state index contributed by atoms with van der Waals surface area (Å²) >= 11 is 0. The molecule has 2 aromatic rings. The highest BCUT2D eigenvalue weighted by Crippen LogP contribution is 2.19. The molecule has 0 bridgehead atoms. The Balaban J connectivity index is 2.70. The highest BCUT2D eigenvalue weighted by atomic mass is 16.3. The van der Waals surface area contributed by atoms with Crippen LogP contribution in [0.2, 0.25) is 0 Å². The molecule has 88 valence electrons. The molecule has 0 atom stereocenters. The summed E-state index contributed by atoms with van der Waals surface area (Å²) in [7, 11) is 0. The van der Waals surface area contributed by atoms with Crippen LogP contribution < -0.4 is 11.2 Å². The normalized spacial score (nSPS) is 10.4. The maximum Gasteiger partial charge on any atom is 0.329 e. The van der Waals surface area contributed by atoms with Crippen LogP contribution in [0.25, 0.3) is 11.5 Å². The number of nitrogens with one attached hydrogen (secondary N) is 1. The average molecular weight is 232 g/mol. The molecule has 1 N–H and O–H groups in total. The molecule has 5 heteroatoms. The fraction of sp³-hybridized carbons (Fsp3) is 0.167. The second-order valence-corrected chi connectivity index (χ2v) is 3.63. The van der Waals surface area contributed by atoms with E-state index in [9.17, 15) is 9.59 Å². The molecular formula is C12H12N2O3. The first kappa shape index (κ1) is 11.2.